The van der Waals surface area contributed by atoms with Crippen LogP contribution < -0.4 is 15.4 Å². The number of halogens is 5. The highest BCUT2D eigenvalue weighted by molar-refractivity contribution is 5.95. The molecule has 2 N–H and O–H groups in total. The Morgan fingerprint density at radius 3 is 2.43 bits per heavy atom. The summed E-state index contributed by atoms with van der Waals surface area (Å²) in [6.07, 6.45) is -5.86. The van der Waals surface area contributed by atoms with E-state index in [1.165, 1.54) is 13.0 Å². The molecule has 1 atom stereocenters. The lowest BCUT2D eigenvalue weighted by molar-refractivity contribution is -0.293. The molecule has 0 fully saturated rings. The number of carbonyl (C=O) groups is 2. The quantitative estimate of drug-likeness (QED) is 0.559. The maximum absolute atomic E-state index is 13.1. The van der Waals surface area contributed by atoms with Gasteiger partial charge in [0, 0.05) is 11.3 Å². The van der Waals surface area contributed by atoms with Gasteiger partial charge in [-0.1, -0.05) is 18.2 Å². The Morgan fingerprint density at radius 2 is 1.82 bits per heavy atom. The summed E-state index contributed by atoms with van der Waals surface area (Å²) in [5, 5.41) is 4.69. The standard InChI is InChI=1S/C17H17F5N2O4/c1-3-27-11-7-5-4-6-10(11)13-12(9(2)23-15(26)24-13)14(25)28-8-16(18,19)17(20,21)22/h4-7,13H,3,8H2,1-2H3,(H2,23,24,26)/t13-/m1/s1. The predicted octanol–water partition coefficient (Wildman–Crippen LogP) is 3.45. The normalized spacial score (nSPS) is 17.7. The minimum atomic E-state index is -5.86. The molecule has 2 rings (SSSR count). The largest absolute Gasteiger partial charge is 0.494 e. The number of ether oxygens (including phenoxy) is 2. The van der Waals surface area contributed by atoms with Gasteiger partial charge in [-0.15, -0.1) is 0 Å². The average molecular weight is 408 g/mol. The smallest absolute Gasteiger partial charge is 0.456 e. The van der Waals surface area contributed by atoms with Crippen LogP contribution in [0.2, 0.25) is 0 Å². The third-order valence-electron chi connectivity index (χ3n) is 3.82. The molecule has 1 aliphatic heterocycles. The van der Waals surface area contributed by atoms with Crippen molar-refractivity contribution in [2.24, 2.45) is 0 Å². The van der Waals surface area contributed by atoms with E-state index in [1.807, 2.05) is 0 Å². The van der Waals surface area contributed by atoms with Crippen LogP contribution in [-0.4, -0.2) is 37.3 Å². The third kappa shape index (κ3) is 4.52. The topological polar surface area (TPSA) is 76.7 Å². The summed E-state index contributed by atoms with van der Waals surface area (Å²) in [4.78, 5) is 24.2. The van der Waals surface area contributed by atoms with Crippen LogP contribution in [0.3, 0.4) is 0 Å². The van der Waals surface area contributed by atoms with Crippen LogP contribution in [0.4, 0.5) is 26.7 Å². The summed E-state index contributed by atoms with van der Waals surface area (Å²) in [6, 6.07) is 4.45. The molecule has 1 aromatic rings. The van der Waals surface area contributed by atoms with E-state index in [9.17, 15) is 31.5 Å². The minimum Gasteiger partial charge on any atom is -0.494 e. The molecule has 28 heavy (non-hydrogen) atoms. The van der Waals surface area contributed by atoms with Crippen molar-refractivity contribution in [3.63, 3.8) is 0 Å². The van der Waals surface area contributed by atoms with Crippen LogP contribution in [0.15, 0.2) is 35.5 Å². The molecular weight excluding hydrogens is 391 g/mol. The van der Waals surface area contributed by atoms with Gasteiger partial charge >= 0.3 is 24.1 Å². The van der Waals surface area contributed by atoms with Crippen molar-refractivity contribution < 1.29 is 41.0 Å². The molecule has 1 aliphatic rings. The van der Waals surface area contributed by atoms with Gasteiger partial charge in [0.25, 0.3) is 0 Å². The van der Waals surface area contributed by atoms with Gasteiger partial charge in [-0.25, -0.2) is 9.59 Å². The summed E-state index contributed by atoms with van der Waals surface area (Å²) in [5.41, 5.74) is -0.0433. The first kappa shape index (κ1) is 21.5. The highest BCUT2D eigenvalue weighted by Crippen LogP contribution is 2.37. The van der Waals surface area contributed by atoms with E-state index in [0.717, 1.165) is 0 Å². The van der Waals surface area contributed by atoms with E-state index >= 15 is 0 Å². The van der Waals surface area contributed by atoms with Crippen molar-refractivity contribution in [1.82, 2.24) is 10.6 Å². The van der Waals surface area contributed by atoms with E-state index < -0.39 is 36.7 Å². The number of amides is 2. The lowest BCUT2D eigenvalue weighted by Crippen LogP contribution is -2.46. The molecule has 0 spiro atoms. The molecule has 1 aromatic carbocycles. The molecule has 0 bridgehead atoms. The van der Waals surface area contributed by atoms with Gasteiger partial charge in [-0.05, 0) is 19.9 Å². The molecule has 0 unspecified atom stereocenters. The lowest BCUT2D eigenvalue weighted by atomic mass is 9.95. The summed E-state index contributed by atoms with van der Waals surface area (Å²) < 4.78 is 72.7. The second-order valence-electron chi connectivity index (χ2n) is 5.82. The van der Waals surface area contributed by atoms with Crippen molar-refractivity contribution >= 4 is 12.0 Å². The molecule has 1 heterocycles. The number of urea groups is 1. The fourth-order valence-corrected chi connectivity index (χ4v) is 2.52. The molecule has 11 heteroatoms. The number of rotatable bonds is 6. The van der Waals surface area contributed by atoms with E-state index in [0.29, 0.717) is 11.3 Å². The zero-order valence-corrected chi connectivity index (χ0v) is 14.8. The first-order chi connectivity index (χ1) is 13.0. The number of nitrogens with one attached hydrogen (secondary N) is 2. The van der Waals surface area contributed by atoms with Crippen LogP contribution in [0.25, 0.3) is 0 Å². The number of carbonyl (C=O) groups excluding carboxylic acids is 2. The Morgan fingerprint density at radius 1 is 1.18 bits per heavy atom. The van der Waals surface area contributed by atoms with Crippen LogP contribution in [0.1, 0.15) is 25.5 Å². The average Bonchev–Trinajstić information content (AvgIpc) is 2.59. The fourth-order valence-electron chi connectivity index (χ4n) is 2.52. The van der Waals surface area contributed by atoms with Crippen LogP contribution in [0.5, 0.6) is 5.75 Å². The molecule has 154 valence electrons. The second kappa shape index (κ2) is 8.03. The van der Waals surface area contributed by atoms with Gasteiger partial charge < -0.3 is 20.1 Å². The number of benzene rings is 1. The van der Waals surface area contributed by atoms with Crippen molar-refractivity contribution in [3.05, 3.63) is 41.1 Å². The maximum atomic E-state index is 13.1. The number of hydrogen-bond acceptors (Lipinski definition) is 4. The molecule has 2 amide bonds. The molecule has 0 radical (unpaired) electrons. The molecular formula is C17H17F5N2O4. The van der Waals surface area contributed by atoms with Gasteiger partial charge in [-0.2, -0.15) is 22.0 Å². The fraction of sp³-hybridized carbons (Fsp3) is 0.412. The number of allylic oxidation sites excluding steroid dienone is 1. The van der Waals surface area contributed by atoms with Gasteiger partial charge in [0.05, 0.1) is 18.2 Å². The Labute approximate surface area is 156 Å². The Hall–Kier alpha value is -2.85. The zero-order chi connectivity index (χ0) is 21.1. The van der Waals surface area contributed by atoms with Crippen molar-refractivity contribution in [2.45, 2.75) is 32.0 Å². The maximum Gasteiger partial charge on any atom is 0.456 e. The highest BCUT2D eigenvalue weighted by Gasteiger charge is 2.58. The Balaban J connectivity index is 2.35. The minimum absolute atomic E-state index is 0.0413. The Bertz CT molecular complexity index is 792. The molecule has 0 aromatic heterocycles. The van der Waals surface area contributed by atoms with E-state index in [-0.39, 0.29) is 17.9 Å². The summed E-state index contributed by atoms with van der Waals surface area (Å²) in [5.74, 6) is -6.33. The van der Waals surface area contributed by atoms with Gasteiger partial charge in [-0.3, -0.25) is 0 Å². The number of para-hydroxylation sites is 1. The number of esters is 1. The first-order valence-corrected chi connectivity index (χ1v) is 8.09. The zero-order valence-electron chi connectivity index (χ0n) is 14.8. The van der Waals surface area contributed by atoms with Crippen molar-refractivity contribution in [1.29, 1.82) is 0 Å². The van der Waals surface area contributed by atoms with E-state index in [4.69, 9.17) is 4.74 Å². The molecule has 0 saturated heterocycles. The van der Waals surface area contributed by atoms with E-state index in [2.05, 4.69) is 15.4 Å². The van der Waals surface area contributed by atoms with Crippen LogP contribution in [0, 0.1) is 0 Å². The Kier molecular flexibility index (Phi) is 6.15. The van der Waals surface area contributed by atoms with Gasteiger partial charge in [0.2, 0.25) is 0 Å². The van der Waals surface area contributed by atoms with Crippen LogP contribution >= 0.6 is 0 Å². The second-order valence-corrected chi connectivity index (χ2v) is 5.82. The summed E-state index contributed by atoms with van der Waals surface area (Å²) >= 11 is 0. The number of hydrogen-bond donors (Lipinski definition) is 2. The van der Waals surface area contributed by atoms with E-state index in [1.54, 1.807) is 25.1 Å². The van der Waals surface area contributed by atoms with Crippen molar-refractivity contribution in [2.75, 3.05) is 13.2 Å². The monoisotopic (exact) mass is 408 g/mol. The molecule has 0 aliphatic carbocycles. The highest BCUT2D eigenvalue weighted by atomic mass is 19.4. The lowest BCUT2D eigenvalue weighted by Gasteiger charge is -2.29. The van der Waals surface area contributed by atoms with Gasteiger partial charge in [0.15, 0.2) is 6.61 Å². The van der Waals surface area contributed by atoms with Crippen LogP contribution in [-0.2, 0) is 9.53 Å². The first-order valence-electron chi connectivity index (χ1n) is 8.09. The SMILES string of the molecule is CCOc1ccccc1[C@H]1NC(=O)NC(C)=C1C(=O)OCC(F)(F)C(F)(F)F. The molecule has 0 saturated carbocycles. The van der Waals surface area contributed by atoms with Gasteiger partial charge in [0.1, 0.15) is 5.75 Å². The number of alkyl halides is 5. The predicted molar refractivity (Wildman–Crippen MR) is 86.7 cm³/mol. The summed E-state index contributed by atoms with van der Waals surface area (Å²) in [7, 11) is 0. The summed E-state index contributed by atoms with van der Waals surface area (Å²) in [6.45, 7) is 1.08. The third-order valence-corrected chi connectivity index (χ3v) is 3.82. The van der Waals surface area contributed by atoms with Crippen molar-refractivity contribution in [3.8, 4) is 5.75 Å². The molecule has 6 nitrogen and oxygen atoms in total.